The van der Waals surface area contributed by atoms with E-state index in [0.717, 1.165) is 6.42 Å². The highest BCUT2D eigenvalue weighted by molar-refractivity contribution is 5.87. The maximum Gasteiger partial charge on any atom is 0.337 e. The van der Waals surface area contributed by atoms with E-state index in [1.54, 1.807) is 0 Å². The number of pyridine rings is 1. The van der Waals surface area contributed by atoms with Gasteiger partial charge in [-0.3, -0.25) is 4.79 Å². The highest BCUT2D eigenvalue weighted by atomic mass is 16.5. The van der Waals surface area contributed by atoms with Crippen molar-refractivity contribution >= 4 is 5.97 Å². The minimum Gasteiger partial charge on any atom is -0.478 e. The molecule has 1 heterocycles. The topological polar surface area (TPSA) is 68.5 Å². The van der Waals surface area contributed by atoms with Crippen molar-refractivity contribution in [2.75, 3.05) is 13.2 Å². The molecular formula is C11H15NO4. The van der Waals surface area contributed by atoms with E-state index in [1.807, 2.05) is 6.92 Å². The van der Waals surface area contributed by atoms with E-state index in [-0.39, 0.29) is 11.1 Å². The van der Waals surface area contributed by atoms with Crippen LogP contribution in [0, 0.1) is 0 Å². The third-order valence-electron chi connectivity index (χ3n) is 2.06. The zero-order valence-corrected chi connectivity index (χ0v) is 9.18. The lowest BCUT2D eigenvalue weighted by atomic mass is 10.3. The summed E-state index contributed by atoms with van der Waals surface area (Å²) in [6.07, 6.45) is 2.25. The first-order valence-electron chi connectivity index (χ1n) is 5.16. The fourth-order valence-electron chi connectivity index (χ4n) is 1.24. The number of nitrogens with zero attached hydrogens (tertiary/aromatic N) is 1. The number of carbonyl (C=O) groups is 1. The average molecular weight is 225 g/mol. The molecule has 0 aromatic carbocycles. The van der Waals surface area contributed by atoms with Gasteiger partial charge in [0.2, 0.25) is 0 Å². The Bertz CT molecular complexity index is 411. The van der Waals surface area contributed by atoms with Gasteiger partial charge in [-0.2, -0.15) is 0 Å². The van der Waals surface area contributed by atoms with Crippen LogP contribution in [0.15, 0.2) is 23.1 Å². The van der Waals surface area contributed by atoms with Crippen LogP contribution in [-0.4, -0.2) is 28.9 Å². The Hall–Kier alpha value is -1.62. The molecule has 0 atom stereocenters. The van der Waals surface area contributed by atoms with Gasteiger partial charge in [0.15, 0.2) is 0 Å². The van der Waals surface area contributed by atoms with Gasteiger partial charge in [-0.15, -0.1) is 0 Å². The molecule has 1 rings (SSSR count). The van der Waals surface area contributed by atoms with Crippen LogP contribution in [0.25, 0.3) is 0 Å². The normalized spacial score (nSPS) is 10.3. The van der Waals surface area contributed by atoms with Crippen LogP contribution in [0.3, 0.4) is 0 Å². The van der Waals surface area contributed by atoms with Crippen LogP contribution < -0.4 is 5.56 Å². The lowest BCUT2D eigenvalue weighted by Crippen LogP contribution is -2.22. The van der Waals surface area contributed by atoms with E-state index in [1.165, 1.54) is 22.9 Å². The Labute approximate surface area is 93.3 Å². The fourth-order valence-corrected chi connectivity index (χ4v) is 1.24. The predicted octanol–water partition coefficient (Wildman–Crippen LogP) is 0.973. The minimum atomic E-state index is -1.04. The summed E-state index contributed by atoms with van der Waals surface area (Å²) < 4.78 is 6.58. The minimum absolute atomic E-state index is 0.107. The molecule has 0 unspecified atom stereocenters. The number of carboxylic acid groups (broad SMARTS) is 1. The second-order valence-corrected chi connectivity index (χ2v) is 3.37. The molecule has 16 heavy (non-hydrogen) atoms. The molecule has 0 aliphatic heterocycles. The Morgan fingerprint density at radius 3 is 2.81 bits per heavy atom. The zero-order valence-electron chi connectivity index (χ0n) is 9.18. The molecule has 1 N–H and O–H groups in total. The van der Waals surface area contributed by atoms with Crippen molar-refractivity contribution in [2.24, 2.45) is 0 Å². The van der Waals surface area contributed by atoms with Crippen LogP contribution in [0.5, 0.6) is 0 Å². The summed E-state index contributed by atoms with van der Waals surface area (Å²) in [5.74, 6) is -1.04. The summed E-state index contributed by atoms with van der Waals surface area (Å²) in [5, 5.41) is 8.76. The third kappa shape index (κ3) is 3.51. The van der Waals surface area contributed by atoms with Crippen molar-refractivity contribution in [3.8, 4) is 0 Å². The van der Waals surface area contributed by atoms with Crippen LogP contribution in [-0.2, 0) is 11.3 Å². The molecule has 1 aromatic rings. The first-order chi connectivity index (χ1) is 7.65. The molecular weight excluding hydrogens is 210 g/mol. The summed E-state index contributed by atoms with van der Waals surface area (Å²) in [5.41, 5.74) is -0.111. The van der Waals surface area contributed by atoms with Gasteiger partial charge in [0, 0.05) is 25.4 Å². The Kier molecular flexibility index (Phi) is 4.72. The molecule has 88 valence electrons. The number of hydrogen-bond donors (Lipinski definition) is 1. The molecule has 0 fully saturated rings. The molecule has 5 heteroatoms. The summed E-state index contributed by atoms with van der Waals surface area (Å²) in [6.45, 7) is 3.43. The van der Waals surface area contributed by atoms with Crippen LogP contribution in [0.2, 0.25) is 0 Å². The fraction of sp³-hybridized carbons (Fsp3) is 0.455. The van der Waals surface area contributed by atoms with Crippen LogP contribution >= 0.6 is 0 Å². The van der Waals surface area contributed by atoms with Gasteiger partial charge < -0.3 is 14.4 Å². The molecule has 0 amide bonds. The van der Waals surface area contributed by atoms with Crippen molar-refractivity contribution in [1.82, 2.24) is 4.57 Å². The van der Waals surface area contributed by atoms with Crippen LogP contribution in [0.4, 0.5) is 0 Å². The van der Waals surface area contributed by atoms with Gasteiger partial charge in [-0.1, -0.05) is 6.92 Å². The summed E-state index contributed by atoms with van der Waals surface area (Å²) in [7, 11) is 0. The largest absolute Gasteiger partial charge is 0.478 e. The summed E-state index contributed by atoms with van der Waals surface area (Å²) in [4.78, 5) is 22.1. The summed E-state index contributed by atoms with van der Waals surface area (Å²) in [6, 6.07) is 2.55. The van der Waals surface area contributed by atoms with Gasteiger partial charge in [-0.05, 0) is 12.5 Å². The monoisotopic (exact) mass is 225 g/mol. The number of hydrogen-bond acceptors (Lipinski definition) is 3. The smallest absolute Gasteiger partial charge is 0.337 e. The highest BCUT2D eigenvalue weighted by Crippen LogP contribution is 1.95. The number of rotatable bonds is 6. The maximum absolute atomic E-state index is 11.4. The first-order valence-corrected chi connectivity index (χ1v) is 5.16. The Morgan fingerprint density at radius 2 is 2.19 bits per heavy atom. The van der Waals surface area contributed by atoms with Gasteiger partial charge in [0.1, 0.15) is 0 Å². The van der Waals surface area contributed by atoms with Crippen molar-refractivity contribution in [2.45, 2.75) is 19.9 Å². The van der Waals surface area contributed by atoms with Crippen molar-refractivity contribution in [3.63, 3.8) is 0 Å². The number of aromatic carboxylic acids is 1. The molecule has 0 bridgehead atoms. The SMILES string of the molecule is CCCOCCn1cc(C(=O)O)ccc1=O. The Balaban J connectivity index is 2.67. The Morgan fingerprint density at radius 1 is 1.44 bits per heavy atom. The second-order valence-electron chi connectivity index (χ2n) is 3.37. The molecule has 1 aromatic heterocycles. The lowest BCUT2D eigenvalue weighted by Gasteiger charge is -2.06. The second kappa shape index (κ2) is 6.07. The maximum atomic E-state index is 11.4. The molecule has 0 spiro atoms. The number of aromatic nitrogens is 1. The highest BCUT2D eigenvalue weighted by Gasteiger charge is 2.04. The predicted molar refractivity (Wildman–Crippen MR) is 58.8 cm³/mol. The van der Waals surface area contributed by atoms with E-state index in [2.05, 4.69) is 0 Å². The van der Waals surface area contributed by atoms with Crippen molar-refractivity contribution < 1.29 is 14.6 Å². The van der Waals surface area contributed by atoms with Crippen LogP contribution in [0.1, 0.15) is 23.7 Å². The molecule has 0 aliphatic carbocycles. The number of ether oxygens (including phenoxy) is 1. The van der Waals surface area contributed by atoms with E-state index in [9.17, 15) is 9.59 Å². The molecule has 5 nitrogen and oxygen atoms in total. The standard InChI is InChI=1S/C11H15NO4/c1-2-6-16-7-5-12-8-9(11(14)15)3-4-10(12)13/h3-4,8H,2,5-7H2,1H3,(H,14,15). The quantitative estimate of drug-likeness (QED) is 0.732. The zero-order chi connectivity index (χ0) is 12.0. The van der Waals surface area contributed by atoms with Crippen molar-refractivity contribution in [1.29, 1.82) is 0 Å². The van der Waals surface area contributed by atoms with Crippen molar-refractivity contribution in [3.05, 3.63) is 34.2 Å². The molecule has 0 saturated heterocycles. The third-order valence-corrected chi connectivity index (χ3v) is 2.06. The average Bonchev–Trinajstić information content (AvgIpc) is 2.26. The number of carboxylic acids is 1. The molecule has 0 saturated carbocycles. The van der Waals surface area contributed by atoms with E-state index in [0.29, 0.717) is 19.8 Å². The van der Waals surface area contributed by atoms with Gasteiger partial charge >= 0.3 is 5.97 Å². The van der Waals surface area contributed by atoms with E-state index < -0.39 is 5.97 Å². The van der Waals surface area contributed by atoms with E-state index >= 15 is 0 Å². The summed E-state index contributed by atoms with van der Waals surface area (Å²) >= 11 is 0. The lowest BCUT2D eigenvalue weighted by molar-refractivity contribution is 0.0695. The molecule has 0 aliphatic rings. The first kappa shape index (κ1) is 12.4. The van der Waals surface area contributed by atoms with Gasteiger partial charge in [-0.25, -0.2) is 4.79 Å². The van der Waals surface area contributed by atoms with E-state index in [4.69, 9.17) is 9.84 Å². The molecule has 0 radical (unpaired) electrons. The van der Waals surface area contributed by atoms with Gasteiger partial charge in [0.25, 0.3) is 5.56 Å². The van der Waals surface area contributed by atoms with Gasteiger partial charge in [0.05, 0.1) is 12.2 Å².